The summed E-state index contributed by atoms with van der Waals surface area (Å²) in [6.07, 6.45) is -0.300. The second-order valence-electron chi connectivity index (χ2n) is 5.46. The normalized spacial score (nSPS) is 25.6. The zero-order valence-corrected chi connectivity index (χ0v) is 11.8. The van der Waals surface area contributed by atoms with Gasteiger partial charge in [-0.25, -0.2) is 0 Å². The molecule has 2 heterocycles. The average molecular weight is 281 g/mol. The largest absolute Gasteiger partial charge is 0.497 e. The van der Waals surface area contributed by atoms with Gasteiger partial charge in [0.1, 0.15) is 11.5 Å². The van der Waals surface area contributed by atoms with E-state index >= 15 is 0 Å². The van der Waals surface area contributed by atoms with E-state index < -0.39 is 5.54 Å². The minimum Gasteiger partial charge on any atom is -0.497 e. The molecule has 2 aliphatic rings. The fourth-order valence-electron chi connectivity index (χ4n) is 3.08. The summed E-state index contributed by atoms with van der Waals surface area (Å²) < 4.78 is 11.2. The number of methoxy groups -OCH3 is 1. The summed E-state index contributed by atoms with van der Waals surface area (Å²) in [6, 6.07) is 13.4. The second-order valence-corrected chi connectivity index (χ2v) is 5.46. The summed E-state index contributed by atoms with van der Waals surface area (Å²) in [5.41, 5.74) is 1.73. The van der Waals surface area contributed by atoms with E-state index in [-0.39, 0.29) is 12.0 Å². The second kappa shape index (κ2) is 4.09. The molecular weight excluding hydrogens is 266 g/mol. The zero-order chi connectivity index (χ0) is 14.6. The van der Waals surface area contributed by atoms with E-state index in [2.05, 4.69) is 5.32 Å². The van der Waals surface area contributed by atoms with Gasteiger partial charge in [0.25, 0.3) is 0 Å². The Bertz CT molecular complexity index is 741. The lowest BCUT2D eigenvalue weighted by molar-refractivity contribution is 0.0886. The zero-order valence-electron chi connectivity index (χ0n) is 11.8. The Morgan fingerprint density at radius 3 is 2.71 bits per heavy atom. The van der Waals surface area contributed by atoms with Crippen LogP contribution < -0.4 is 14.8 Å². The first-order chi connectivity index (χ1) is 10.2. The van der Waals surface area contributed by atoms with Gasteiger partial charge in [0, 0.05) is 6.07 Å². The molecule has 21 heavy (non-hydrogen) atoms. The fraction of sp³-hybridized carbons (Fsp3) is 0.235. The Morgan fingerprint density at radius 1 is 1.24 bits per heavy atom. The van der Waals surface area contributed by atoms with Gasteiger partial charge in [-0.1, -0.05) is 30.3 Å². The molecule has 4 nitrogen and oxygen atoms in total. The Labute approximate surface area is 122 Å². The van der Waals surface area contributed by atoms with Crippen LogP contribution in [0.1, 0.15) is 21.5 Å². The third-order valence-corrected chi connectivity index (χ3v) is 4.24. The number of fused-ring (bicyclic) bond motifs is 2. The first-order valence-electron chi connectivity index (χ1n) is 6.90. The monoisotopic (exact) mass is 281 g/mol. The number of rotatable bonds is 2. The van der Waals surface area contributed by atoms with Crippen molar-refractivity contribution in [3.8, 4) is 11.5 Å². The van der Waals surface area contributed by atoms with Gasteiger partial charge in [-0.15, -0.1) is 0 Å². The number of hydrogen-bond donors (Lipinski definition) is 1. The molecule has 0 amide bonds. The molecule has 1 saturated heterocycles. The first-order valence-corrected chi connectivity index (χ1v) is 6.90. The minimum atomic E-state index is -0.729. The van der Waals surface area contributed by atoms with Crippen LogP contribution >= 0.6 is 0 Å². The van der Waals surface area contributed by atoms with Crippen LogP contribution in [0, 0.1) is 6.92 Å². The highest BCUT2D eigenvalue weighted by Gasteiger charge is 2.66. The molecule has 106 valence electrons. The summed E-state index contributed by atoms with van der Waals surface area (Å²) in [6.45, 7) is 1.91. The van der Waals surface area contributed by atoms with Gasteiger partial charge in [-0.05, 0) is 24.1 Å². The van der Waals surface area contributed by atoms with Crippen molar-refractivity contribution in [1.82, 2.24) is 5.32 Å². The number of ketones is 1. The van der Waals surface area contributed by atoms with Gasteiger partial charge in [0.15, 0.2) is 17.6 Å². The maximum atomic E-state index is 13.0. The van der Waals surface area contributed by atoms with Gasteiger partial charge in [-0.2, -0.15) is 0 Å². The first kappa shape index (κ1) is 12.4. The van der Waals surface area contributed by atoms with E-state index in [1.807, 2.05) is 43.3 Å². The van der Waals surface area contributed by atoms with Crippen molar-refractivity contribution in [3.05, 3.63) is 59.2 Å². The number of carbonyl (C=O) groups is 1. The standard InChI is InChI=1S/C17H15NO3/c1-10-8-12(20-2)9-13-14(10)15(19)17(16(18-17)21-13)11-6-4-3-5-7-11/h3-9,16,18H,1-2H3/t16-,17+/m0/s1. The quantitative estimate of drug-likeness (QED) is 0.859. The molecular formula is C17H15NO3. The molecule has 1 N–H and O–H groups in total. The topological polar surface area (TPSA) is 57.5 Å². The van der Waals surface area contributed by atoms with Crippen molar-refractivity contribution in [1.29, 1.82) is 0 Å². The lowest BCUT2D eigenvalue weighted by Crippen LogP contribution is -2.33. The van der Waals surface area contributed by atoms with Gasteiger partial charge < -0.3 is 9.47 Å². The van der Waals surface area contributed by atoms with E-state index in [0.717, 1.165) is 11.1 Å². The van der Waals surface area contributed by atoms with Crippen molar-refractivity contribution in [2.24, 2.45) is 0 Å². The maximum Gasteiger partial charge on any atom is 0.196 e. The summed E-state index contributed by atoms with van der Waals surface area (Å²) >= 11 is 0. The molecule has 0 spiro atoms. The molecule has 1 fully saturated rings. The molecule has 0 aromatic heterocycles. The highest BCUT2D eigenvalue weighted by Crippen LogP contribution is 2.49. The van der Waals surface area contributed by atoms with Crippen molar-refractivity contribution in [2.45, 2.75) is 18.7 Å². The molecule has 2 aromatic carbocycles. The van der Waals surface area contributed by atoms with E-state index in [9.17, 15) is 4.79 Å². The summed E-state index contributed by atoms with van der Waals surface area (Å²) in [5.74, 6) is 1.37. The molecule has 0 radical (unpaired) electrons. The van der Waals surface area contributed by atoms with E-state index in [4.69, 9.17) is 9.47 Å². The van der Waals surface area contributed by atoms with Gasteiger partial charge in [0.05, 0.1) is 12.7 Å². The van der Waals surface area contributed by atoms with Crippen LogP contribution in [-0.2, 0) is 5.54 Å². The highest BCUT2D eigenvalue weighted by atomic mass is 16.5. The van der Waals surface area contributed by atoms with Crippen LogP contribution in [0.3, 0.4) is 0 Å². The van der Waals surface area contributed by atoms with E-state index in [0.29, 0.717) is 17.1 Å². The minimum absolute atomic E-state index is 0.0695. The Hall–Kier alpha value is -2.33. The van der Waals surface area contributed by atoms with Crippen molar-refractivity contribution >= 4 is 5.78 Å². The smallest absolute Gasteiger partial charge is 0.196 e. The third kappa shape index (κ3) is 1.56. The lowest BCUT2D eigenvalue weighted by atomic mass is 9.85. The molecule has 0 bridgehead atoms. The van der Waals surface area contributed by atoms with Gasteiger partial charge in [0.2, 0.25) is 0 Å². The summed E-state index contributed by atoms with van der Waals surface area (Å²) in [4.78, 5) is 13.0. The summed E-state index contributed by atoms with van der Waals surface area (Å²) in [7, 11) is 1.61. The Kier molecular flexibility index (Phi) is 2.41. The summed E-state index contributed by atoms with van der Waals surface area (Å²) in [5, 5.41) is 3.21. The van der Waals surface area contributed by atoms with Crippen LogP contribution in [-0.4, -0.2) is 19.1 Å². The van der Waals surface area contributed by atoms with Crippen LogP contribution in [0.5, 0.6) is 11.5 Å². The number of benzene rings is 2. The number of carbonyl (C=O) groups excluding carboxylic acids is 1. The number of aryl methyl sites for hydroxylation is 1. The predicted octanol–water partition coefficient (Wildman–Crippen LogP) is 2.40. The number of nitrogens with one attached hydrogen (secondary N) is 1. The van der Waals surface area contributed by atoms with Crippen molar-refractivity contribution in [2.75, 3.05) is 7.11 Å². The average Bonchev–Trinajstić information content (AvgIpc) is 3.23. The Morgan fingerprint density at radius 2 is 2.00 bits per heavy atom. The third-order valence-electron chi connectivity index (χ3n) is 4.24. The Balaban J connectivity index is 1.85. The number of hydrogen-bond acceptors (Lipinski definition) is 4. The molecule has 0 saturated carbocycles. The lowest BCUT2D eigenvalue weighted by Gasteiger charge is -2.23. The van der Waals surface area contributed by atoms with Crippen LogP contribution in [0.4, 0.5) is 0 Å². The molecule has 2 aromatic rings. The number of ether oxygens (including phenoxy) is 2. The van der Waals surface area contributed by atoms with E-state index in [1.165, 1.54) is 0 Å². The highest BCUT2D eigenvalue weighted by molar-refractivity contribution is 6.10. The van der Waals surface area contributed by atoms with Gasteiger partial charge >= 0.3 is 0 Å². The molecule has 2 atom stereocenters. The SMILES string of the molecule is COc1cc(C)c2c(c1)O[C@@H]1N[C@]1(c1ccccc1)C2=O. The van der Waals surface area contributed by atoms with E-state index in [1.54, 1.807) is 13.2 Å². The number of Topliss-reactive ketones (excluding diaryl/α,β-unsaturated/α-hetero) is 1. The van der Waals surface area contributed by atoms with Crippen molar-refractivity contribution < 1.29 is 14.3 Å². The predicted molar refractivity (Wildman–Crippen MR) is 77.7 cm³/mol. The van der Waals surface area contributed by atoms with Crippen LogP contribution in [0.15, 0.2) is 42.5 Å². The van der Waals surface area contributed by atoms with Crippen LogP contribution in [0.2, 0.25) is 0 Å². The van der Waals surface area contributed by atoms with Gasteiger partial charge in [-0.3, -0.25) is 10.1 Å². The van der Waals surface area contributed by atoms with Crippen LogP contribution in [0.25, 0.3) is 0 Å². The fourth-order valence-corrected chi connectivity index (χ4v) is 3.08. The molecule has 0 unspecified atom stereocenters. The molecule has 4 rings (SSSR count). The molecule has 4 heteroatoms. The molecule has 2 aliphatic heterocycles. The van der Waals surface area contributed by atoms with Crippen molar-refractivity contribution in [3.63, 3.8) is 0 Å². The molecule has 0 aliphatic carbocycles. The maximum absolute atomic E-state index is 13.0.